The molecule has 0 aromatic carbocycles. The Morgan fingerprint density at radius 1 is 0.566 bits per heavy atom. The van der Waals surface area contributed by atoms with E-state index in [0.29, 0.717) is 12.8 Å². The molecule has 0 rings (SSSR count). The van der Waals surface area contributed by atoms with Crippen molar-refractivity contribution in [2.75, 3.05) is 26.4 Å². The third-order valence-electron chi connectivity index (χ3n) is 8.77. The molecule has 0 aliphatic rings. The molecule has 11 heteroatoms. The normalized spacial score (nSPS) is 14.3. The van der Waals surface area contributed by atoms with Gasteiger partial charge in [-0.05, 0) is 70.6 Å². The number of hydrogen-bond acceptors (Lipinski definition) is 9. The average Bonchev–Trinajstić information content (AvgIpc) is 3.14. The number of aliphatic hydroxyl groups is 2. The van der Waals surface area contributed by atoms with Crippen LogP contribution in [0.5, 0.6) is 0 Å². The zero-order valence-electron chi connectivity index (χ0n) is 33.5. The Morgan fingerprint density at radius 3 is 1.47 bits per heavy atom. The Kier molecular flexibility index (Phi) is 37.2. The average molecular weight is 773 g/mol. The molecule has 53 heavy (non-hydrogen) atoms. The van der Waals surface area contributed by atoms with Crippen molar-refractivity contribution >= 4 is 19.8 Å². The van der Waals surface area contributed by atoms with Crippen LogP contribution in [0.2, 0.25) is 0 Å². The second kappa shape index (κ2) is 38.5. The van der Waals surface area contributed by atoms with Gasteiger partial charge in [0.1, 0.15) is 12.7 Å². The molecular weight excluding hydrogens is 695 g/mol. The molecular formula is C42H77O10P. The quantitative estimate of drug-likeness (QED) is 0.0238. The summed E-state index contributed by atoms with van der Waals surface area (Å²) >= 11 is 0. The standard InChI is InChI=1S/C42H77O10P/c1-3-5-7-9-11-13-15-17-19-21-23-25-27-29-31-33-41(45)49-37-40(38-51-53(47,48)50-36-39(44)35-43)52-42(46)34-32-30-28-26-24-22-20-18-16-14-12-10-8-6-4-2/h17,19,23-26,39-40,43-44H,3-16,18,20-22,27-38H2,1-2H3,(H,47,48)/b19-17+,25-23+,26-24+/t39-,40+/m0/s1. The molecule has 0 heterocycles. The first-order valence-corrected chi connectivity index (χ1v) is 22.4. The van der Waals surface area contributed by atoms with Gasteiger partial charge in [0.2, 0.25) is 0 Å². The maximum absolute atomic E-state index is 12.6. The third kappa shape index (κ3) is 38.3. The summed E-state index contributed by atoms with van der Waals surface area (Å²) in [5, 5.41) is 18.3. The van der Waals surface area contributed by atoms with E-state index in [0.717, 1.165) is 44.9 Å². The van der Waals surface area contributed by atoms with Crippen molar-refractivity contribution in [3.8, 4) is 0 Å². The molecule has 0 aliphatic heterocycles. The molecule has 1 unspecified atom stereocenters. The largest absolute Gasteiger partial charge is 0.472 e. The lowest BCUT2D eigenvalue weighted by Crippen LogP contribution is -2.29. The summed E-state index contributed by atoms with van der Waals surface area (Å²) in [6.45, 7) is 2.31. The van der Waals surface area contributed by atoms with Crippen LogP contribution < -0.4 is 0 Å². The van der Waals surface area contributed by atoms with Crippen LogP contribution in [0.3, 0.4) is 0 Å². The van der Waals surface area contributed by atoms with E-state index in [-0.39, 0.29) is 19.4 Å². The minimum Gasteiger partial charge on any atom is -0.462 e. The fourth-order valence-electron chi connectivity index (χ4n) is 5.49. The number of unbranched alkanes of at least 4 members (excludes halogenated alkanes) is 19. The summed E-state index contributed by atoms with van der Waals surface area (Å²) in [7, 11) is -4.63. The van der Waals surface area contributed by atoms with E-state index in [9.17, 15) is 24.2 Å². The summed E-state index contributed by atoms with van der Waals surface area (Å²) in [5.74, 6) is -0.988. The van der Waals surface area contributed by atoms with Crippen LogP contribution in [0, 0.1) is 0 Å². The molecule has 0 bridgehead atoms. The number of rotatable bonds is 39. The molecule has 3 N–H and O–H groups in total. The molecule has 0 saturated heterocycles. The summed E-state index contributed by atoms with van der Waals surface area (Å²) in [6, 6.07) is 0. The van der Waals surface area contributed by atoms with E-state index in [1.807, 2.05) is 0 Å². The van der Waals surface area contributed by atoms with E-state index in [2.05, 4.69) is 54.8 Å². The van der Waals surface area contributed by atoms with E-state index >= 15 is 0 Å². The number of allylic oxidation sites excluding steroid dienone is 6. The van der Waals surface area contributed by atoms with Gasteiger partial charge in [-0.25, -0.2) is 4.57 Å². The van der Waals surface area contributed by atoms with E-state index < -0.39 is 51.8 Å². The van der Waals surface area contributed by atoms with Crippen LogP contribution in [-0.4, -0.2) is 65.7 Å². The van der Waals surface area contributed by atoms with Crippen molar-refractivity contribution in [2.45, 2.75) is 193 Å². The lowest BCUT2D eigenvalue weighted by Gasteiger charge is -2.20. The van der Waals surface area contributed by atoms with Crippen molar-refractivity contribution in [3.05, 3.63) is 36.5 Å². The van der Waals surface area contributed by atoms with Crippen molar-refractivity contribution in [2.24, 2.45) is 0 Å². The second-order valence-electron chi connectivity index (χ2n) is 14.0. The Bertz CT molecular complexity index is 983. The molecule has 0 spiro atoms. The third-order valence-corrected chi connectivity index (χ3v) is 9.72. The fourth-order valence-corrected chi connectivity index (χ4v) is 6.28. The number of phosphoric ester groups is 1. The monoisotopic (exact) mass is 773 g/mol. The summed E-state index contributed by atoms with van der Waals surface area (Å²) in [4.78, 5) is 34.9. The number of carbonyl (C=O) groups is 2. The van der Waals surface area contributed by atoms with Crippen LogP contribution in [0.15, 0.2) is 36.5 Å². The van der Waals surface area contributed by atoms with Gasteiger partial charge in [0.05, 0.1) is 19.8 Å². The summed E-state index contributed by atoms with van der Waals surface area (Å²) < 4.78 is 32.6. The highest BCUT2D eigenvalue weighted by Crippen LogP contribution is 2.43. The first-order chi connectivity index (χ1) is 25.7. The topological polar surface area (TPSA) is 149 Å². The van der Waals surface area contributed by atoms with Crippen LogP contribution in [-0.2, 0) is 32.7 Å². The number of phosphoric acid groups is 1. The predicted molar refractivity (Wildman–Crippen MR) is 214 cm³/mol. The van der Waals surface area contributed by atoms with Gasteiger partial charge in [0.15, 0.2) is 6.10 Å². The van der Waals surface area contributed by atoms with Crippen LogP contribution in [0.4, 0.5) is 0 Å². The first kappa shape index (κ1) is 51.2. The Hall–Kier alpha value is -1.81. The zero-order chi connectivity index (χ0) is 39.1. The molecule has 0 aliphatic carbocycles. The Morgan fingerprint density at radius 2 is 0.981 bits per heavy atom. The van der Waals surface area contributed by atoms with Crippen molar-refractivity contribution < 1.29 is 47.8 Å². The van der Waals surface area contributed by atoms with Crippen molar-refractivity contribution in [3.63, 3.8) is 0 Å². The van der Waals surface area contributed by atoms with Gasteiger partial charge in [-0.1, -0.05) is 134 Å². The van der Waals surface area contributed by atoms with Gasteiger partial charge in [-0.15, -0.1) is 0 Å². The lowest BCUT2D eigenvalue weighted by atomic mass is 10.1. The molecule has 0 aromatic heterocycles. The number of esters is 2. The fraction of sp³-hybridized carbons (Fsp3) is 0.810. The Balaban J connectivity index is 4.40. The highest BCUT2D eigenvalue weighted by molar-refractivity contribution is 7.47. The van der Waals surface area contributed by atoms with Gasteiger partial charge in [0, 0.05) is 12.8 Å². The molecule has 0 aromatic rings. The first-order valence-electron chi connectivity index (χ1n) is 20.9. The van der Waals surface area contributed by atoms with E-state index in [1.165, 1.54) is 96.3 Å². The Labute approximate surface area is 322 Å². The number of aliphatic hydroxyl groups excluding tert-OH is 2. The van der Waals surface area contributed by atoms with Crippen molar-refractivity contribution in [1.29, 1.82) is 0 Å². The smallest absolute Gasteiger partial charge is 0.462 e. The number of ether oxygens (including phenoxy) is 2. The van der Waals surface area contributed by atoms with Gasteiger partial charge >= 0.3 is 19.8 Å². The highest BCUT2D eigenvalue weighted by atomic mass is 31.2. The molecule has 10 nitrogen and oxygen atoms in total. The lowest BCUT2D eigenvalue weighted by molar-refractivity contribution is -0.161. The molecule has 3 atom stereocenters. The maximum atomic E-state index is 12.6. The number of carbonyl (C=O) groups excluding carboxylic acids is 2. The van der Waals surface area contributed by atoms with Gasteiger partial charge in [-0.2, -0.15) is 0 Å². The van der Waals surface area contributed by atoms with E-state index in [1.54, 1.807) is 0 Å². The highest BCUT2D eigenvalue weighted by Gasteiger charge is 2.27. The maximum Gasteiger partial charge on any atom is 0.472 e. The van der Waals surface area contributed by atoms with Crippen molar-refractivity contribution in [1.82, 2.24) is 0 Å². The van der Waals surface area contributed by atoms with Crippen LogP contribution >= 0.6 is 7.82 Å². The minimum atomic E-state index is -4.63. The van der Waals surface area contributed by atoms with Gasteiger partial charge in [0.25, 0.3) is 0 Å². The summed E-state index contributed by atoms with van der Waals surface area (Å²) in [5.41, 5.74) is 0. The number of hydrogen-bond donors (Lipinski definition) is 3. The molecule has 0 radical (unpaired) electrons. The van der Waals surface area contributed by atoms with Crippen LogP contribution in [0.1, 0.15) is 181 Å². The van der Waals surface area contributed by atoms with E-state index in [4.69, 9.17) is 19.1 Å². The van der Waals surface area contributed by atoms with Gasteiger partial charge in [-0.3, -0.25) is 18.6 Å². The SMILES string of the molecule is CCCCCCCC/C=C/C/C=C/CCCCC(=O)OC[C@H](COP(=O)(O)OC[C@@H](O)CO)OC(=O)CCCC/C=C/CCCCCCCCCCC. The minimum absolute atomic E-state index is 0.148. The molecule has 0 fully saturated rings. The van der Waals surface area contributed by atoms with Crippen LogP contribution in [0.25, 0.3) is 0 Å². The molecule has 310 valence electrons. The molecule has 0 saturated carbocycles. The zero-order valence-corrected chi connectivity index (χ0v) is 34.4. The second-order valence-corrected chi connectivity index (χ2v) is 15.5. The predicted octanol–water partition coefficient (Wildman–Crippen LogP) is 10.8. The molecule has 0 amide bonds. The van der Waals surface area contributed by atoms with Gasteiger partial charge < -0.3 is 24.6 Å². The summed E-state index contributed by atoms with van der Waals surface area (Å²) in [6.07, 6.45) is 38.3.